The monoisotopic (exact) mass is 343 g/mol. The third kappa shape index (κ3) is 3.56. The van der Waals surface area contributed by atoms with Crippen LogP contribution < -0.4 is 20.7 Å². The Morgan fingerprint density at radius 1 is 1.12 bits per heavy atom. The number of aromatic nitrogens is 4. The second-order valence-corrected chi connectivity index (χ2v) is 6.20. The summed E-state index contributed by atoms with van der Waals surface area (Å²) < 4.78 is 3.48. The molecule has 2 heterocycles. The summed E-state index contributed by atoms with van der Waals surface area (Å²) in [4.78, 5) is 31.7. The number of hydrogen-bond donors (Lipinski definition) is 3. The molecule has 0 radical (unpaired) electrons. The van der Waals surface area contributed by atoms with E-state index in [4.69, 9.17) is 0 Å². The molecule has 132 valence electrons. The summed E-state index contributed by atoms with van der Waals surface area (Å²) in [5, 5.41) is 0. The second kappa shape index (κ2) is 7.48. The number of rotatable bonds is 7. The molecule has 25 heavy (non-hydrogen) atoms. The molecular weight excluding hydrogens is 318 g/mol. The maximum Gasteiger partial charge on any atom is 0.332 e. The molecule has 0 unspecified atom stereocenters. The summed E-state index contributed by atoms with van der Waals surface area (Å²) in [5.74, 6) is 0. The van der Waals surface area contributed by atoms with Crippen LogP contribution >= 0.6 is 0 Å². The first kappa shape index (κ1) is 17.2. The number of aromatic amines is 2. The zero-order valence-corrected chi connectivity index (χ0v) is 14.7. The smallest absolute Gasteiger partial charge is 0.332 e. The zero-order valence-electron chi connectivity index (χ0n) is 14.7. The SMILES string of the molecule is CC[NH+](CC)CC[n+]1c[nH]c2c1c(=O)[nH]c(=O)n2Cc1ccccc1. The normalized spacial score (nSPS) is 11.5. The molecule has 3 aromatic rings. The van der Waals surface area contributed by atoms with Gasteiger partial charge in [0.25, 0.3) is 11.2 Å². The van der Waals surface area contributed by atoms with Crippen LogP contribution in [-0.4, -0.2) is 34.2 Å². The lowest BCUT2D eigenvalue weighted by atomic mass is 10.2. The molecule has 0 atom stereocenters. The lowest BCUT2D eigenvalue weighted by molar-refractivity contribution is -0.914. The Labute approximate surface area is 145 Å². The molecule has 7 nitrogen and oxygen atoms in total. The Morgan fingerprint density at radius 3 is 2.52 bits per heavy atom. The van der Waals surface area contributed by atoms with Gasteiger partial charge in [-0.25, -0.2) is 14.3 Å². The van der Waals surface area contributed by atoms with Gasteiger partial charge < -0.3 is 4.90 Å². The van der Waals surface area contributed by atoms with E-state index in [2.05, 4.69) is 23.8 Å². The molecule has 0 amide bonds. The van der Waals surface area contributed by atoms with Crippen LogP contribution in [0.15, 0.2) is 46.2 Å². The number of hydrogen-bond acceptors (Lipinski definition) is 2. The van der Waals surface area contributed by atoms with E-state index in [1.54, 1.807) is 10.9 Å². The predicted molar refractivity (Wildman–Crippen MR) is 95.8 cm³/mol. The Kier molecular flexibility index (Phi) is 5.14. The molecule has 3 N–H and O–H groups in total. The minimum atomic E-state index is -0.398. The third-order valence-corrected chi connectivity index (χ3v) is 4.71. The fourth-order valence-corrected chi connectivity index (χ4v) is 3.15. The number of imidazole rings is 1. The first-order chi connectivity index (χ1) is 12.1. The van der Waals surface area contributed by atoms with Crippen molar-refractivity contribution in [2.45, 2.75) is 26.9 Å². The average Bonchev–Trinajstić information content (AvgIpc) is 3.05. The highest BCUT2D eigenvalue weighted by Gasteiger charge is 2.20. The number of quaternary nitrogens is 1. The summed E-state index contributed by atoms with van der Waals surface area (Å²) in [5.41, 5.74) is 1.34. The van der Waals surface area contributed by atoms with Crippen molar-refractivity contribution >= 4 is 11.2 Å². The van der Waals surface area contributed by atoms with Crippen LogP contribution in [0.25, 0.3) is 11.2 Å². The molecule has 2 aromatic heterocycles. The van der Waals surface area contributed by atoms with Crippen molar-refractivity contribution in [2.75, 3.05) is 19.6 Å². The third-order valence-electron chi connectivity index (χ3n) is 4.71. The summed E-state index contributed by atoms with van der Waals surface area (Å²) in [6.07, 6.45) is 1.78. The fourth-order valence-electron chi connectivity index (χ4n) is 3.15. The highest BCUT2D eigenvalue weighted by atomic mass is 16.2. The molecule has 7 heteroatoms. The van der Waals surface area contributed by atoms with Crippen molar-refractivity contribution in [1.82, 2.24) is 14.5 Å². The van der Waals surface area contributed by atoms with E-state index in [9.17, 15) is 9.59 Å². The van der Waals surface area contributed by atoms with E-state index < -0.39 is 5.69 Å². The highest BCUT2D eigenvalue weighted by Crippen LogP contribution is 2.05. The first-order valence-electron chi connectivity index (χ1n) is 8.75. The van der Waals surface area contributed by atoms with E-state index in [0.29, 0.717) is 17.7 Å². The van der Waals surface area contributed by atoms with Crippen molar-refractivity contribution < 1.29 is 9.47 Å². The molecule has 0 saturated carbocycles. The topological polar surface area (TPSA) is 79.0 Å². The average molecular weight is 343 g/mol. The van der Waals surface area contributed by atoms with Crippen molar-refractivity contribution in [2.24, 2.45) is 0 Å². The maximum absolute atomic E-state index is 12.4. The fraction of sp³-hybridized carbons (Fsp3) is 0.389. The zero-order chi connectivity index (χ0) is 17.8. The van der Waals surface area contributed by atoms with E-state index >= 15 is 0 Å². The highest BCUT2D eigenvalue weighted by molar-refractivity contribution is 5.64. The molecule has 0 fully saturated rings. The molecule has 0 aliphatic rings. The van der Waals surface area contributed by atoms with Gasteiger partial charge in [0.1, 0.15) is 13.1 Å². The number of likely N-dealkylation sites (N-methyl/N-ethyl adjacent to an activating group) is 1. The molecule has 1 aromatic carbocycles. The Bertz CT molecular complexity index is 951. The maximum atomic E-state index is 12.4. The van der Waals surface area contributed by atoms with Gasteiger partial charge >= 0.3 is 11.2 Å². The van der Waals surface area contributed by atoms with Crippen LogP contribution in [0.3, 0.4) is 0 Å². The van der Waals surface area contributed by atoms with Gasteiger partial charge in [0.05, 0.1) is 19.6 Å². The molecule has 0 aliphatic carbocycles. The second-order valence-electron chi connectivity index (χ2n) is 6.20. The number of benzene rings is 1. The number of H-pyrrole nitrogens is 2. The van der Waals surface area contributed by atoms with Crippen LogP contribution in [0.4, 0.5) is 0 Å². The Hall–Kier alpha value is -2.67. The van der Waals surface area contributed by atoms with Gasteiger partial charge in [-0.05, 0) is 19.4 Å². The molecule has 0 bridgehead atoms. The van der Waals surface area contributed by atoms with Crippen molar-refractivity contribution in [3.8, 4) is 0 Å². The molecule has 0 spiro atoms. The number of nitrogens with one attached hydrogen (secondary N) is 3. The Balaban J connectivity index is 1.99. The van der Waals surface area contributed by atoms with Gasteiger partial charge in [0.2, 0.25) is 6.33 Å². The van der Waals surface area contributed by atoms with Crippen LogP contribution in [0, 0.1) is 0 Å². The molecule has 0 saturated heterocycles. The lowest BCUT2D eigenvalue weighted by Gasteiger charge is -2.13. The largest absolute Gasteiger partial charge is 0.332 e. The van der Waals surface area contributed by atoms with E-state index in [1.165, 1.54) is 4.90 Å². The summed E-state index contributed by atoms with van der Waals surface area (Å²) in [7, 11) is 0. The van der Waals surface area contributed by atoms with E-state index in [0.717, 1.165) is 31.7 Å². The van der Waals surface area contributed by atoms with Gasteiger partial charge in [-0.15, -0.1) is 0 Å². The quantitative estimate of drug-likeness (QED) is 0.495. The van der Waals surface area contributed by atoms with E-state index in [-0.39, 0.29) is 5.56 Å². The molecular formula is C18H25N5O2+2. The number of nitrogens with zero attached hydrogens (tertiary/aromatic N) is 2. The van der Waals surface area contributed by atoms with E-state index in [1.807, 2.05) is 34.9 Å². The minimum Gasteiger partial charge on any atom is -0.332 e. The van der Waals surface area contributed by atoms with Gasteiger partial charge in [0.15, 0.2) is 0 Å². The van der Waals surface area contributed by atoms with Gasteiger partial charge in [0, 0.05) is 0 Å². The van der Waals surface area contributed by atoms with Crippen LogP contribution in [0.5, 0.6) is 0 Å². The Morgan fingerprint density at radius 2 is 1.84 bits per heavy atom. The van der Waals surface area contributed by atoms with Crippen LogP contribution in [-0.2, 0) is 13.1 Å². The van der Waals surface area contributed by atoms with Gasteiger partial charge in [-0.3, -0.25) is 14.3 Å². The standard InChI is InChI=1S/C18H23N5O2/c1-3-21(4-2)10-11-22-13-19-16-15(22)17(24)20-18(25)23(16)12-14-8-6-5-7-9-14/h5-9,13H,3-4,10-12H2,1-2H3,(H,20,24,25)/p+2. The van der Waals surface area contributed by atoms with Gasteiger partial charge in [-0.2, -0.15) is 0 Å². The summed E-state index contributed by atoms with van der Waals surface area (Å²) in [6, 6.07) is 9.73. The van der Waals surface area contributed by atoms with Crippen molar-refractivity contribution in [3.63, 3.8) is 0 Å². The van der Waals surface area contributed by atoms with Crippen molar-refractivity contribution in [3.05, 3.63) is 63.1 Å². The minimum absolute atomic E-state index is 0.347. The summed E-state index contributed by atoms with van der Waals surface area (Å²) >= 11 is 0. The lowest BCUT2D eigenvalue weighted by Crippen LogP contribution is -3.12. The van der Waals surface area contributed by atoms with Crippen LogP contribution in [0.1, 0.15) is 19.4 Å². The molecule has 3 rings (SSSR count). The van der Waals surface area contributed by atoms with Crippen molar-refractivity contribution in [1.29, 1.82) is 0 Å². The molecule has 0 aliphatic heterocycles. The number of fused-ring (bicyclic) bond motifs is 1. The van der Waals surface area contributed by atoms with Crippen LogP contribution in [0.2, 0.25) is 0 Å². The van der Waals surface area contributed by atoms with Gasteiger partial charge in [-0.1, -0.05) is 30.3 Å². The summed E-state index contributed by atoms with van der Waals surface area (Å²) in [6.45, 7) is 8.48. The first-order valence-corrected chi connectivity index (χ1v) is 8.75. The predicted octanol–water partition coefficient (Wildman–Crippen LogP) is -0.722.